The molecule has 1 aromatic heterocycles. The summed E-state index contributed by atoms with van der Waals surface area (Å²) in [5, 5.41) is 9.99. The van der Waals surface area contributed by atoms with E-state index in [1.54, 1.807) is 30.2 Å². The third-order valence-corrected chi connectivity index (χ3v) is 4.41. The van der Waals surface area contributed by atoms with Gasteiger partial charge in [-0.3, -0.25) is 9.59 Å². The fourth-order valence-corrected chi connectivity index (χ4v) is 3.02. The predicted molar refractivity (Wildman–Crippen MR) is 76.9 cm³/mol. The van der Waals surface area contributed by atoms with Gasteiger partial charge in [0.15, 0.2) is 0 Å². The van der Waals surface area contributed by atoms with E-state index in [0.29, 0.717) is 30.0 Å². The molecule has 2 heterocycles. The number of aromatic nitrogens is 1. The van der Waals surface area contributed by atoms with Gasteiger partial charge in [0.05, 0.1) is 11.0 Å². The van der Waals surface area contributed by atoms with Crippen molar-refractivity contribution in [3.05, 3.63) is 23.9 Å². The lowest BCUT2D eigenvalue weighted by molar-refractivity contribution is -0.150. The van der Waals surface area contributed by atoms with Crippen LogP contribution in [0.4, 0.5) is 0 Å². The Morgan fingerprint density at radius 2 is 2.25 bits per heavy atom. The lowest BCUT2D eigenvalue weighted by Crippen LogP contribution is -2.48. The molecule has 5 nitrogen and oxygen atoms in total. The highest BCUT2D eigenvalue weighted by atomic mass is 32.2. The number of likely N-dealkylation sites (tertiary alicyclic amines) is 1. The number of thioether (sulfide) groups is 1. The summed E-state index contributed by atoms with van der Waals surface area (Å²) in [6.45, 7) is 2.56. The lowest BCUT2D eigenvalue weighted by atomic mass is 9.82. The molecule has 1 aliphatic rings. The molecule has 1 atom stereocenters. The zero-order valence-corrected chi connectivity index (χ0v) is 12.4. The van der Waals surface area contributed by atoms with Crippen LogP contribution in [0.15, 0.2) is 23.4 Å². The van der Waals surface area contributed by atoms with Crippen LogP contribution < -0.4 is 0 Å². The van der Waals surface area contributed by atoms with Gasteiger partial charge in [0.25, 0.3) is 5.91 Å². The van der Waals surface area contributed by atoms with Gasteiger partial charge in [0, 0.05) is 19.3 Å². The van der Waals surface area contributed by atoms with Crippen LogP contribution in [-0.2, 0) is 4.79 Å². The van der Waals surface area contributed by atoms with Gasteiger partial charge in [0.1, 0.15) is 5.03 Å². The number of carboxylic acid groups (broad SMARTS) is 1. The highest BCUT2D eigenvalue weighted by Crippen LogP contribution is 2.31. The van der Waals surface area contributed by atoms with Crippen molar-refractivity contribution in [3.63, 3.8) is 0 Å². The topological polar surface area (TPSA) is 70.5 Å². The number of carboxylic acids is 1. The molecular formula is C14H18N2O3S. The SMILES string of the molecule is CSc1ncccc1C(=O)N1CCCC(C)(C(=O)O)C1. The van der Waals surface area contributed by atoms with Crippen LogP contribution >= 0.6 is 11.8 Å². The Kier molecular flexibility index (Phi) is 4.32. The second kappa shape index (κ2) is 5.83. The van der Waals surface area contributed by atoms with E-state index in [1.807, 2.05) is 6.26 Å². The fraction of sp³-hybridized carbons (Fsp3) is 0.500. The van der Waals surface area contributed by atoms with Gasteiger partial charge >= 0.3 is 5.97 Å². The van der Waals surface area contributed by atoms with E-state index >= 15 is 0 Å². The Morgan fingerprint density at radius 3 is 2.90 bits per heavy atom. The van der Waals surface area contributed by atoms with Crippen LogP contribution in [0.3, 0.4) is 0 Å². The first-order chi connectivity index (χ1) is 9.48. The van der Waals surface area contributed by atoms with E-state index in [2.05, 4.69) is 4.98 Å². The number of amides is 1. The lowest BCUT2D eigenvalue weighted by Gasteiger charge is -2.37. The van der Waals surface area contributed by atoms with Crippen molar-refractivity contribution in [2.24, 2.45) is 5.41 Å². The van der Waals surface area contributed by atoms with Crippen LogP contribution in [0, 0.1) is 5.41 Å². The molecule has 0 aromatic carbocycles. The maximum atomic E-state index is 12.6. The van der Waals surface area contributed by atoms with E-state index in [1.165, 1.54) is 11.8 Å². The molecule has 0 aliphatic carbocycles. The zero-order chi connectivity index (χ0) is 14.8. The molecule has 1 aromatic rings. The van der Waals surface area contributed by atoms with E-state index in [4.69, 9.17) is 0 Å². The second-order valence-corrected chi connectivity index (χ2v) is 6.05. The summed E-state index contributed by atoms with van der Waals surface area (Å²) in [7, 11) is 0. The predicted octanol–water partition coefficient (Wildman–Crippen LogP) is 2.13. The van der Waals surface area contributed by atoms with Gasteiger partial charge in [0.2, 0.25) is 0 Å². The number of pyridine rings is 1. The average Bonchev–Trinajstić information content (AvgIpc) is 2.46. The first-order valence-electron chi connectivity index (χ1n) is 6.49. The molecule has 1 amide bonds. The Hall–Kier alpha value is -1.56. The zero-order valence-electron chi connectivity index (χ0n) is 11.6. The summed E-state index contributed by atoms with van der Waals surface area (Å²) < 4.78 is 0. The molecule has 108 valence electrons. The average molecular weight is 294 g/mol. The first-order valence-corrected chi connectivity index (χ1v) is 7.72. The maximum Gasteiger partial charge on any atom is 0.311 e. The summed E-state index contributed by atoms with van der Waals surface area (Å²) in [5.41, 5.74) is -0.301. The quantitative estimate of drug-likeness (QED) is 0.865. The smallest absolute Gasteiger partial charge is 0.311 e. The van der Waals surface area contributed by atoms with Crippen LogP contribution in [0.1, 0.15) is 30.1 Å². The van der Waals surface area contributed by atoms with Crippen LogP contribution in [-0.4, -0.2) is 46.2 Å². The van der Waals surface area contributed by atoms with Crippen molar-refractivity contribution in [2.45, 2.75) is 24.8 Å². The minimum absolute atomic E-state index is 0.130. The summed E-state index contributed by atoms with van der Waals surface area (Å²) in [6, 6.07) is 3.47. The molecule has 1 aliphatic heterocycles. The summed E-state index contributed by atoms with van der Waals surface area (Å²) in [5.74, 6) is -0.971. The van der Waals surface area contributed by atoms with Gasteiger partial charge in [-0.15, -0.1) is 11.8 Å². The number of carbonyl (C=O) groups is 2. The van der Waals surface area contributed by atoms with Crippen molar-refractivity contribution in [2.75, 3.05) is 19.3 Å². The first kappa shape index (κ1) is 14.8. The van der Waals surface area contributed by atoms with Crippen molar-refractivity contribution in [1.82, 2.24) is 9.88 Å². The number of carbonyl (C=O) groups excluding carboxylic acids is 1. The van der Waals surface area contributed by atoms with E-state index in [9.17, 15) is 14.7 Å². The standard InChI is InChI=1S/C14H18N2O3S/c1-14(13(18)19)6-4-8-16(9-14)12(17)10-5-3-7-15-11(10)20-2/h3,5,7H,4,6,8-9H2,1-2H3,(H,18,19). The number of hydrogen-bond donors (Lipinski definition) is 1. The number of hydrogen-bond acceptors (Lipinski definition) is 4. The second-order valence-electron chi connectivity index (χ2n) is 5.26. The molecule has 1 N–H and O–H groups in total. The molecular weight excluding hydrogens is 276 g/mol. The molecule has 1 unspecified atom stereocenters. The monoisotopic (exact) mass is 294 g/mol. The van der Waals surface area contributed by atoms with Crippen molar-refractivity contribution in [1.29, 1.82) is 0 Å². The number of aliphatic carboxylic acids is 1. The summed E-state index contributed by atoms with van der Waals surface area (Å²) in [6.07, 6.45) is 4.84. The Balaban J connectivity index is 2.23. The molecule has 1 fully saturated rings. The van der Waals surface area contributed by atoms with E-state index in [-0.39, 0.29) is 12.5 Å². The largest absolute Gasteiger partial charge is 0.481 e. The molecule has 0 spiro atoms. The molecule has 0 bridgehead atoms. The van der Waals surface area contributed by atoms with E-state index < -0.39 is 11.4 Å². The number of rotatable bonds is 3. The molecule has 0 saturated carbocycles. The van der Waals surface area contributed by atoms with Gasteiger partial charge in [-0.1, -0.05) is 0 Å². The van der Waals surface area contributed by atoms with Gasteiger partial charge in [-0.25, -0.2) is 4.98 Å². The highest BCUT2D eigenvalue weighted by Gasteiger charge is 2.39. The van der Waals surface area contributed by atoms with Gasteiger partial charge in [-0.2, -0.15) is 0 Å². The molecule has 0 radical (unpaired) electrons. The van der Waals surface area contributed by atoms with Crippen molar-refractivity contribution >= 4 is 23.6 Å². The Morgan fingerprint density at radius 1 is 1.50 bits per heavy atom. The Labute approximate surface area is 122 Å². The summed E-state index contributed by atoms with van der Waals surface area (Å²) in [4.78, 5) is 29.7. The third-order valence-electron chi connectivity index (χ3n) is 3.69. The minimum atomic E-state index is -0.852. The van der Waals surface area contributed by atoms with Crippen molar-refractivity contribution in [3.8, 4) is 0 Å². The molecule has 6 heteroatoms. The number of piperidine rings is 1. The maximum absolute atomic E-state index is 12.6. The van der Waals surface area contributed by atoms with Crippen molar-refractivity contribution < 1.29 is 14.7 Å². The Bertz CT molecular complexity index is 535. The van der Waals surface area contributed by atoms with Gasteiger partial charge < -0.3 is 10.0 Å². The summed E-state index contributed by atoms with van der Waals surface area (Å²) >= 11 is 1.42. The third kappa shape index (κ3) is 2.80. The minimum Gasteiger partial charge on any atom is -0.481 e. The highest BCUT2D eigenvalue weighted by molar-refractivity contribution is 7.98. The van der Waals surface area contributed by atoms with Crippen LogP contribution in [0.2, 0.25) is 0 Å². The molecule has 1 saturated heterocycles. The van der Waals surface area contributed by atoms with Crippen LogP contribution in [0.25, 0.3) is 0 Å². The van der Waals surface area contributed by atoms with E-state index in [0.717, 1.165) is 0 Å². The number of nitrogens with zero attached hydrogens (tertiary/aromatic N) is 2. The van der Waals surface area contributed by atoms with Crippen LogP contribution in [0.5, 0.6) is 0 Å². The molecule has 2 rings (SSSR count). The normalized spacial score (nSPS) is 22.6. The molecule has 20 heavy (non-hydrogen) atoms. The van der Waals surface area contributed by atoms with Gasteiger partial charge in [-0.05, 0) is 38.2 Å². The fourth-order valence-electron chi connectivity index (χ4n) is 2.47.